The Hall–Kier alpha value is -2.92. The van der Waals surface area contributed by atoms with Crippen molar-refractivity contribution < 1.29 is 35.9 Å². The molecular formula is C22H23F3N2O5S. The molecule has 0 spiro atoms. The van der Waals surface area contributed by atoms with Gasteiger partial charge in [-0.1, -0.05) is 18.9 Å². The fourth-order valence-corrected chi connectivity index (χ4v) is 4.90. The molecule has 7 nitrogen and oxygen atoms in total. The molecule has 178 valence electrons. The van der Waals surface area contributed by atoms with E-state index in [0.717, 1.165) is 43.9 Å². The summed E-state index contributed by atoms with van der Waals surface area (Å²) in [6, 6.07) is 9.24. The summed E-state index contributed by atoms with van der Waals surface area (Å²) in [7, 11) is -3.67. The molecule has 0 saturated carbocycles. The molecule has 1 fully saturated rings. The summed E-state index contributed by atoms with van der Waals surface area (Å²) in [6.45, 7) is 0.184. The van der Waals surface area contributed by atoms with Gasteiger partial charge in [0.25, 0.3) is 5.91 Å². The smallest absolute Gasteiger partial charge is 0.416 e. The number of nitrogens with zero attached hydrogens (tertiary/aromatic N) is 1. The van der Waals surface area contributed by atoms with Crippen LogP contribution in [0.15, 0.2) is 53.4 Å². The number of anilines is 1. The lowest BCUT2D eigenvalue weighted by molar-refractivity contribution is -0.137. The highest BCUT2D eigenvalue weighted by atomic mass is 32.2. The number of nitrogens with one attached hydrogen (secondary N) is 1. The number of carbonyl (C=O) groups excluding carboxylic acids is 2. The quantitative estimate of drug-likeness (QED) is 0.624. The van der Waals surface area contributed by atoms with E-state index in [9.17, 15) is 31.2 Å². The molecule has 1 amide bonds. The third kappa shape index (κ3) is 6.55. The predicted molar refractivity (Wildman–Crippen MR) is 114 cm³/mol. The summed E-state index contributed by atoms with van der Waals surface area (Å²) in [6.07, 6.45) is -0.991. The first kappa shape index (κ1) is 24.7. The van der Waals surface area contributed by atoms with Crippen molar-refractivity contribution in [1.29, 1.82) is 0 Å². The highest BCUT2D eigenvalue weighted by Gasteiger charge is 2.30. The average molecular weight is 484 g/mol. The minimum absolute atomic E-state index is 0.0386. The van der Waals surface area contributed by atoms with Crippen molar-refractivity contribution in [2.45, 2.75) is 36.8 Å². The fraction of sp³-hybridized carbons (Fsp3) is 0.364. The van der Waals surface area contributed by atoms with Crippen molar-refractivity contribution in [3.8, 4) is 0 Å². The number of hydrogen-bond donors (Lipinski definition) is 1. The zero-order chi connectivity index (χ0) is 24.1. The van der Waals surface area contributed by atoms with Crippen LogP contribution in [0.4, 0.5) is 18.9 Å². The van der Waals surface area contributed by atoms with Crippen LogP contribution in [0.2, 0.25) is 0 Å². The maximum Gasteiger partial charge on any atom is 0.416 e. The zero-order valence-corrected chi connectivity index (χ0v) is 18.4. The number of esters is 1. The van der Waals surface area contributed by atoms with Crippen molar-refractivity contribution in [3.63, 3.8) is 0 Å². The van der Waals surface area contributed by atoms with Gasteiger partial charge in [0.1, 0.15) is 0 Å². The van der Waals surface area contributed by atoms with Crippen LogP contribution in [0, 0.1) is 0 Å². The third-order valence-electron chi connectivity index (χ3n) is 5.10. The van der Waals surface area contributed by atoms with Crippen LogP contribution in [-0.4, -0.2) is 44.3 Å². The molecule has 2 aromatic rings. The molecule has 3 rings (SSSR count). The maximum atomic E-state index is 12.8. The Labute approximate surface area is 189 Å². The number of alkyl halides is 3. The fourth-order valence-electron chi connectivity index (χ4n) is 3.38. The second-order valence-electron chi connectivity index (χ2n) is 7.55. The van der Waals surface area contributed by atoms with Gasteiger partial charge in [-0.15, -0.1) is 0 Å². The van der Waals surface area contributed by atoms with Crippen LogP contribution in [0.3, 0.4) is 0 Å². The van der Waals surface area contributed by atoms with Gasteiger partial charge < -0.3 is 10.1 Å². The number of rotatable bonds is 6. The number of amides is 1. The molecule has 0 atom stereocenters. The summed E-state index contributed by atoms with van der Waals surface area (Å²) < 4.78 is 70.1. The zero-order valence-electron chi connectivity index (χ0n) is 17.6. The Bertz CT molecular complexity index is 1090. The van der Waals surface area contributed by atoms with Crippen molar-refractivity contribution in [2.75, 3.05) is 25.0 Å². The SMILES string of the molecule is O=C(COC(=O)c1ccc(S(=O)(=O)N2CCCCCC2)cc1)Nc1cccc(C(F)(F)F)c1. The van der Waals surface area contributed by atoms with Gasteiger partial charge in [-0.3, -0.25) is 4.79 Å². The molecule has 1 N–H and O–H groups in total. The van der Waals surface area contributed by atoms with Gasteiger partial charge in [0, 0.05) is 18.8 Å². The van der Waals surface area contributed by atoms with Crippen molar-refractivity contribution in [3.05, 3.63) is 59.7 Å². The molecule has 33 heavy (non-hydrogen) atoms. The summed E-state index contributed by atoms with van der Waals surface area (Å²) in [5.41, 5.74) is -0.974. The molecule has 0 aliphatic carbocycles. The molecule has 1 heterocycles. The van der Waals surface area contributed by atoms with Gasteiger partial charge in [-0.25, -0.2) is 13.2 Å². The summed E-state index contributed by atoms with van der Waals surface area (Å²) in [4.78, 5) is 24.2. The third-order valence-corrected chi connectivity index (χ3v) is 7.01. The lowest BCUT2D eigenvalue weighted by Crippen LogP contribution is -2.31. The topological polar surface area (TPSA) is 92.8 Å². The summed E-state index contributed by atoms with van der Waals surface area (Å²) in [5.74, 6) is -1.68. The highest BCUT2D eigenvalue weighted by molar-refractivity contribution is 7.89. The number of halogens is 3. The summed E-state index contributed by atoms with van der Waals surface area (Å²) >= 11 is 0. The molecule has 1 aliphatic heterocycles. The van der Waals surface area contributed by atoms with Gasteiger partial charge >= 0.3 is 12.1 Å². The largest absolute Gasteiger partial charge is 0.452 e. The molecule has 2 aromatic carbocycles. The standard InChI is InChI=1S/C22H23F3N2O5S/c23-22(24,25)17-6-5-7-18(14-17)26-20(28)15-32-21(29)16-8-10-19(11-9-16)33(30,31)27-12-3-1-2-4-13-27/h5-11,14H,1-4,12-13,15H2,(H,26,28). The number of sulfonamides is 1. The Morgan fingerprint density at radius 3 is 2.21 bits per heavy atom. The molecule has 1 aliphatic rings. The number of ether oxygens (including phenoxy) is 1. The maximum absolute atomic E-state index is 12.8. The van der Waals surface area contributed by atoms with Gasteiger partial charge in [-0.05, 0) is 55.3 Å². The Kier molecular flexibility index (Phi) is 7.75. The Morgan fingerprint density at radius 1 is 0.970 bits per heavy atom. The first-order valence-corrected chi connectivity index (χ1v) is 11.8. The van der Waals surface area contributed by atoms with Crippen LogP contribution in [0.1, 0.15) is 41.6 Å². The second kappa shape index (κ2) is 10.3. The van der Waals surface area contributed by atoms with E-state index in [1.165, 1.54) is 34.6 Å². The van der Waals surface area contributed by atoms with Crippen LogP contribution in [0.5, 0.6) is 0 Å². The van der Waals surface area contributed by atoms with Crippen LogP contribution in [0.25, 0.3) is 0 Å². The minimum Gasteiger partial charge on any atom is -0.452 e. The van der Waals surface area contributed by atoms with Gasteiger partial charge in [0.15, 0.2) is 6.61 Å². The number of hydrogen-bond acceptors (Lipinski definition) is 5. The predicted octanol–water partition coefficient (Wildman–Crippen LogP) is 4.07. The van der Waals surface area contributed by atoms with E-state index in [4.69, 9.17) is 4.74 Å². The minimum atomic E-state index is -4.56. The molecule has 0 bridgehead atoms. The van der Waals surface area contributed by atoms with Gasteiger partial charge in [-0.2, -0.15) is 17.5 Å². The van der Waals surface area contributed by atoms with Crippen LogP contribution < -0.4 is 5.32 Å². The molecule has 11 heteroatoms. The second-order valence-corrected chi connectivity index (χ2v) is 9.48. The number of benzene rings is 2. The molecule has 0 radical (unpaired) electrons. The van der Waals surface area contributed by atoms with E-state index in [1.807, 2.05) is 0 Å². The normalized spacial score (nSPS) is 15.5. The molecule has 0 aromatic heterocycles. The molecular weight excluding hydrogens is 461 g/mol. The lowest BCUT2D eigenvalue weighted by atomic mass is 10.2. The Balaban J connectivity index is 1.57. The van der Waals surface area contributed by atoms with E-state index in [1.54, 1.807) is 0 Å². The monoisotopic (exact) mass is 484 g/mol. The van der Waals surface area contributed by atoms with E-state index < -0.39 is 40.2 Å². The van der Waals surface area contributed by atoms with Gasteiger partial charge in [0.05, 0.1) is 16.0 Å². The highest BCUT2D eigenvalue weighted by Crippen LogP contribution is 2.30. The molecule has 0 unspecified atom stereocenters. The van der Waals surface area contributed by atoms with Gasteiger partial charge in [0.2, 0.25) is 10.0 Å². The first-order valence-electron chi connectivity index (χ1n) is 10.3. The lowest BCUT2D eigenvalue weighted by Gasteiger charge is -2.20. The van der Waals surface area contributed by atoms with Crippen molar-refractivity contribution in [1.82, 2.24) is 4.31 Å². The first-order chi connectivity index (χ1) is 15.6. The molecule has 1 saturated heterocycles. The van der Waals surface area contributed by atoms with Crippen LogP contribution >= 0.6 is 0 Å². The average Bonchev–Trinajstić information content (AvgIpc) is 3.07. The van der Waals surface area contributed by atoms with E-state index in [0.29, 0.717) is 13.1 Å². The number of carbonyl (C=O) groups is 2. The van der Waals surface area contributed by atoms with E-state index in [-0.39, 0.29) is 16.1 Å². The van der Waals surface area contributed by atoms with Crippen molar-refractivity contribution in [2.24, 2.45) is 0 Å². The van der Waals surface area contributed by atoms with E-state index in [2.05, 4.69) is 5.32 Å². The summed E-state index contributed by atoms with van der Waals surface area (Å²) in [5, 5.41) is 2.23. The van der Waals surface area contributed by atoms with Crippen LogP contribution in [-0.2, 0) is 25.7 Å². The Morgan fingerprint density at radius 2 is 1.61 bits per heavy atom. The van der Waals surface area contributed by atoms with E-state index >= 15 is 0 Å². The van der Waals surface area contributed by atoms with Crippen molar-refractivity contribution >= 4 is 27.6 Å².